The van der Waals surface area contributed by atoms with Gasteiger partial charge < -0.3 is 9.80 Å². The highest BCUT2D eigenvalue weighted by molar-refractivity contribution is 7.88. The van der Waals surface area contributed by atoms with Crippen LogP contribution in [0.4, 0.5) is 0 Å². The zero-order valence-electron chi connectivity index (χ0n) is 17.0. The molecule has 0 saturated carbocycles. The van der Waals surface area contributed by atoms with Crippen LogP contribution in [-0.2, 0) is 14.8 Å². The molecule has 2 rings (SSSR count). The summed E-state index contributed by atoms with van der Waals surface area (Å²) < 4.78 is 24.8. The van der Waals surface area contributed by atoms with Gasteiger partial charge in [-0.1, -0.05) is 0 Å². The first-order valence-corrected chi connectivity index (χ1v) is 11.6. The normalized spacial score (nSPS) is 27.2. The molecule has 0 bridgehead atoms. The molecule has 2 atom stereocenters. The van der Waals surface area contributed by atoms with E-state index >= 15 is 0 Å². The minimum atomic E-state index is -3.14. The zero-order chi connectivity index (χ0) is 19.5. The van der Waals surface area contributed by atoms with Gasteiger partial charge in [0.05, 0.1) is 6.26 Å². The minimum Gasteiger partial charge on any atom is -0.339 e. The third-order valence-corrected chi connectivity index (χ3v) is 7.01. The molecular formula is C18H36N4O3S. The van der Waals surface area contributed by atoms with Crippen molar-refractivity contribution in [2.75, 3.05) is 59.6 Å². The largest absolute Gasteiger partial charge is 0.339 e. The van der Waals surface area contributed by atoms with Crippen molar-refractivity contribution < 1.29 is 13.2 Å². The Labute approximate surface area is 159 Å². The second kappa shape index (κ2) is 8.99. The van der Waals surface area contributed by atoms with E-state index in [1.54, 1.807) is 0 Å². The van der Waals surface area contributed by atoms with Gasteiger partial charge >= 0.3 is 0 Å². The van der Waals surface area contributed by atoms with Gasteiger partial charge in [-0.2, -0.15) is 0 Å². The summed E-state index contributed by atoms with van der Waals surface area (Å²) >= 11 is 0. The summed E-state index contributed by atoms with van der Waals surface area (Å²) in [5.74, 6) is 0.178. The Balaban J connectivity index is 1.86. The molecule has 2 fully saturated rings. The highest BCUT2D eigenvalue weighted by Crippen LogP contribution is 2.24. The van der Waals surface area contributed by atoms with Crippen LogP contribution in [0.25, 0.3) is 0 Å². The van der Waals surface area contributed by atoms with Gasteiger partial charge in [0.1, 0.15) is 0 Å². The lowest BCUT2D eigenvalue weighted by Gasteiger charge is -2.46. The first kappa shape index (κ1) is 21.6. The molecule has 7 nitrogen and oxygen atoms in total. The van der Waals surface area contributed by atoms with E-state index in [-0.39, 0.29) is 11.8 Å². The van der Waals surface area contributed by atoms with E-state index in [4.69, 9.17) is 0 Å². The predicted molar refractivity (Wildman–Crippen MR) is 105 cm³/mol. The van der Waals surface area contributed by atoms with Crippen LogP contribution in [0, 0.1) is 5.92 Å². The van der Waals surface area contributed by atoms with E-state index in [9.17, 15) is 13.2 Å². The summed E-state index contributed by atoms with van der Waals surface area (Å²) in [6.45, 7) is 9.03. The fourth-order valence-electron chi connectivity index (χ4n) is 4.24. The average molecular weight is 389 g/mol. The van der Waals surface area contributed by atoms with Crippen LogP contribution in [0.15, 0.2) is 0 Å². The summed E-state index contributed by atoms with van der Waals surface area (Å²) in [5, 5.41) is 0. The number of hydrogen-bond acceptors (Lipinski definition) is 5. The molecule has 2 aliphatic heterocycles. The van der Waals surface area contributed by atoms with E-state index in [0.717, 1.165) is 32.6 Å². The van der Waals surface area contributed by atoms with Crippen molar-refractivity contribution in [1.82, 2.24) is 19.0 Å². The van der Waals surface area contributed by atoms with Crippen LogP contribution in [0.5, 0.6) is 0 Å². The molecule has 2 saturated heterocycles. The van der Waals surface area contributed by atoms with E-state index in [1.165, 1.54) is 10.6 Å². The number of nitrogens with zero attached hydrogens (tertiary/aromatic N) is 4. The van der Waals surface area contributed by atoms with Gasteiger partial charge in [-0.05, 0) is 53.8 Å². The van der Waals surface area contributed by atoms with Crippen LogP contribution < -0.4 is 0 Å². The Kier molecular flexibility index (Phi) is 7.47. The van der Waals surface area contributed by atoms with Crippen LogP contribution in [0.2, 0.25) is 0 Å². The van der Waals surface area contributed by atoms with Gasteiger partial charge in [-0.3, -0.25) is 9.69 Å². The lowest BCUT2D eigenvalue weighted by molar-refractivity contribution is -0.141. The van der Waals surface area contributed by atoms with Gasteiger partial charge in [0.25, 0.3) is 0 Å². The summed E-state index contributed by atoms with van der Waals surface area (Å²) in [5.41, 5.74) is 0. The molecule has 2 aliphatic rings. The van der Waals surface area contributed by atoms with Crippen molar-refractivity contribution in [3.8, 4) is 0 Å². The molecule has 0 radical (unpaired) electrons. The predicted octanol–water partition coefficient (Wildman–Crippen LogP) is 0.531. The van der Waals surface area contributed by atoms with Crippen LogP contribution >= 0.6 is 0 Å². The summed E-state index contributed by atoms with van der Waals surface area (Å²) in [4.78, 5) is 19.7. The van der Waals surface area contributed by atoms with Crippen molar-refractivity contribution in [3.63, 3.8) is 0 Å². The zero-order valence-corrected chi connectivity index (χ0v) is 17.8. The molecular weight excluding hydrogens is 352 g/mol. The number of carbonyl (C=O) groups is 1. The number of piperidine rings is 1. The van der Waals surface area contributed by atoms with Gasteiger partial charge in [0.15, 0.2) is 0 Å². The van der Waals surface area contributed by atoms with Crippen molar-refractivity contribution in [1.29, 1.82) is 0 Å². The molecule has 2 heterocycles. The maximum Gasteiger partial charge on any atom is 0.225 e. The Morgan fingerprint density at radius 3 is 2.08 bits per heavy atom. The van der Waals surface area contributed by atoms with Gasteiger partial charge in [-0.15, -0.1) is 0 Å². The maximum absolute atomic E-state index is 12.9. The van der Waals surface area contributed by atoms with Crippen molar-refractivity contribution in [3.05, 3.63) is 0 Å². The molecule has 0 aromatic carbocycles. The SMILES string of the molecule is CC1CN(C(=O)C2CCN(S(C)(=O)=O)CC2)CC(C)N1CCCN(C)C. The van der Waals surface area contributed by atoms with Gasteiger partial charge in [0.2, 0.25) is 15.9 Å². The van der Waals surface area contributed by atoms with Crippen LogP contribution in [0.1, 0.15) is 33.1 Å². The molecule has 2 unspecified atom stereocenters. The van der Waals surface area contributed by atoms with Crippen molar-refractivity contribution in [2.45, 2.75) is 45.2 Å². The molecule has 152 valence electrons. The maximum atomic E-state index is 12.9. The van der Waals surface area contributed by atoms with E-state index in [0.29, 0.717) is 38.0 Å². The van der Waals surface area contributed by atoms with Gasteiger partial charge in [-0.25, -0.2) is 12.7 Å². The number of sulfonamides is 1. The average Bonchev–Trinajstić information content (AvgIpc) is 2.55. The van der Waals surface area contributed by atoms with Crippen molar-refractivity contribution >= 4 is 15.9 Å². The molecule has 0 spiro atoms. The number of rotatable bonds is 6. The van der Waals surface area contributed by atoms with Crippen molar-refractivity contribution in [2.24, 2.45) is 5.92 Å². The van der Waals surface area contributed by atoms with Crippen LogP contribution in [-0.4, -0.2) is 105 Å². The Morgan fingerprint density at radius 1 is 1.08 bits per heavy atom. The van der Waals surface area contributed by atoms with E-state index in [1.807, 2.05) is 4.90 Å². The van der Waals surface area contributed by atoms with Gasteiger partial charge in [0, 0.05) is 50.7 Å². The first-order chi connectivity index (χ1) is 12.1. The molecule has 0 aromatic rings. The minimum absolute atomic E-state index is 0.0345. The molecule has 8 heteroatoms. The van der Waals surface area contributed by atoms with Crippen LogP contribution in [0.3, 0.4) is 0 Å². The number of hydrogen-bond donors (Lipinski definition) is 0. The highest BCUT2D eigenvalue weighted by Gasteiger charge is 2.36. The third-order valence-electron chi connectivity index (χ3n) is 5.71. The Morgan fingerprint density at radius 2 is 1.62 bits per heavy atom. The highest BCUT2D eigenvalue weighted by atomic mass is 32.2. The second-order valence-electron chi connectivity index (χ2n) is 8.27. The first-order valence-electron chi connectivity index (χ1n) is 9.74. The number of piperazine rings is 1. The Hall–Kier alpha value is -0.700. The quantitative estimate of drug-likeness (QED) is 0.664. The van der Waals surface area contributed by atoms with E-state index in [2.05, 4.69) is 37.7 Å². The number of amides is 1. The standard InChI is InChI=1S/C18H36N4O3S/c1-15-13-20(14-16(2)22(15)10-6-9-19(3)4)18(23)17-7-11-21(12-8-17)26(5,24)25/h15-17H,6-14H2,1-5H3. The fraction of sp³-hybridized carbons (Fsp3) is 0.944. The molecule has 26 heavy (non-hydrogen) atoms. The smallest absolute Gasteiger partial charge is 0.225 e. The second-order valence-corrected chi connectivity index (χ2v) is 10.3. The lowest BCUT2D eigenvalue weighted by atomic mass is 9.95. The molecule has 1 amide bonds. The third kappa shape index (κ3) is 5.65. The topological polar surface area (TPSA) is 64.2 Å². The summed E-state index contributed by atoms with van der Waals surface area (Å²) in [6.07, 6.45) is 3.66. The monoisotopic (exact) mass is 388 g/mol. The number of carbonyl (C=O) groups excluding carboxylic acids is 1. The Bertz CT molecular complexity index is 561. The fourth-order valence-corrected chi connectivity index (χ4v) is 5.11. The molecule has 0 aliphatic carbocycles. The molecule has 0 N–H and O–H groups in total. The van der Waals surface area contributed by atoms with E-state index < -0.39 is 10.0 Å². The lowest BCUT2D eigenvalue weighted by Crippen LogP contribution is -2.59. The summed E-state index contributed by atoms with van der Waals surface area (Å²) in [6, 6.07) is 0.724. The summed E-state index contributed by atoms with van der Waals surface area (Å²) in [7, 11) is 1.05. The molecule has 0 aromatic heterocycles.